The number of carboxylic acids is 1. The van der Waals surface area contributed by atoms with Crippen LogP contribution in [0.15, 0.2) is 42.3 Å². The van der Waals surface area contributed by atoms with Gasteiger partial charge in [-0.1, -0.05) is 17.8 Å². The molecule has 0 amide bonds. The normalized spacial score (nSPS) is 10.3. The molecule has 98 valence electrons. The number of carbonyl (C=O) groups is 1. The van der Waals surface area contributed by atoms with E-state index >= 15 is 0 Å². The molecule has 0 atom stereocenters. The molecule has 0 radical (unpaired) electrons. The lowest BCUT2D eigenvalue weighted by Crippen LogP contribution is -2.03. The second kappa shape index (κ2) is 6.14. The highest BCUT2D eigenvalue weighted by Gasteiger charge is 2.14. The van der Waals surface area contributed by atoms with Crippen molar-refractivity contribution in [2.75, 3.05) is 5.75 Å². The van der Waals surface area contributed by atoms with Crippen molar-refractivity contribution in [2.24, 2.45) is 0 Å². The Balaban J connectivity index is 2.34. The van der Waals surface area contributed by atoms with Crippen LogP contribution in [0.2, 0.25) is 0 Å². The predicted octanol–water partition coefficient (Wildman–Crippen LogP) is 1.70. The summed E-state index contributed by atoms with van der Waals surface area (Å²) in [4.78, 5) is 14.6. The van der Waals surface area contributed by atoms with Gasteiger partial charge in [0, 0.05) is 24.5 Å². The Hall–Kier alpha value is -2.15. The van der Waals surface area contributed by atoms with Gasteiger partial charge in [0.05, 0.1) is 5.75 Å². The van der Waals surface area contributed by atoms with Crippen molar-refractivity contribution in [1.29, 1.82) is 0 Å². The lowest BCUT2D eigenvalue weighted by Gasteiger charge is -2.06. The summed E-state index contributed by atoms with van der Waals surface area (Å²) in [7, 11) is 0. The number of rotatable bonds is 6. The van der Waals surface area contributed by atoms with Crippen LogP contribution in [0, 0.1) is 0 Å². The Morgan fingerprint density at radius 1 is 1.53 bits per heavy atom. The molecule has 19 heavy (non-hydrogen) atoms. The predicted molar refractivity (Wildman–Crippen MR) is 71.8 cm³/mol. The maximum Gasteiger partial charge on any atom is 0.313 e. The maximum atomic E-state index is 10.6. The minimum absolute atomic E-state index is 0.0533. The Morgan fingerprint density at radius 3 is 3.00 bits per heavy atom. The van der Waals surface area contributed by atoms with Crippen molar-refractivity contribution >= 4 is 17.7 Å². The zero-order valence-electron chi connectivity index (χ0n) is 10.1. The van der Waals surface area contributed by atoms with Gasteiger partial charge >= 0.3 is 5.97 Å². The lowest BCUT2D eigenvalue weighted by molar-refractivity contribution is -0.133. The van der Waals surface area contributed by atoms with E-state index in [2.05, 4.69) is 21.8 Å². The second-order valence-corrected chi connectivity index (χ2v) is 4.57. The van der Waals surface area contributed by atoms with Crippen LogP contribution in [0.4, 0.5) is 0 Å². The zero-order chi connectivity index (χ0) is 13.7. The molecule has 0 saturated heterocycles. The molecule has 0 saturated carbocycles. The van der Waals surface area contributed by atoms with Crippen molar-refractivity contribution in [3.63, 3.8) is 0 Å². The largest absolute Gasteiger partial charge is 0.481 e. The van der Waals surface area contributed by atoms with Crippen LogP contribution in [-0.2, 0) is 11.3 Å². The van der Waals surface area contributed by atoms with Crippen LogP contribution in [0.1, 0.15) is 0 Å². The Labute approximate surface area is 114 Å². The van der Waals surface area contributed by atoms with E-state index in [-0.39, 0.29) is 5.75 Å². The van der Waals surface area contributed by atoms with E-state index in [0.29, 0.717) is 17.5 Å². The van der Waals surface area contributed by atoms with Gasteiger partial charge in [0.1, 0.15) is 0 Å². The zero-order valence-corrected chi connectivity index (χ0v) is 10.9. The van der Waals surface area contributed by atoms with E-state index in [4.69, 9.17) is 5.11 Å². The van der Waals surface area contributed by atoms with Crippen molar-refractivity contribution in [3.05, 3.63) is 37.2 Å². The van der Waals surface area contributed by atoms with Crippen LogP contribution in [0.25, 0.3) is 11.4 Å². The lowest BCUT2D eigenvalue weighted by atomic mass is 10.3. The van der Waals surface area contributed by atoms with E-state index in [1.165, 1.54) is 0 Å². The molecule has 1 N–H and O–H groups in total. The summed E-state index contributed by atoms with van der Waals surface area (Å²) in [6, 6.07) is 3.69. The number of nitrogens with zero attached hydrogens (tertiary/aromatic N) is 4. The molecule has 2 heterocycles. The highest BCUT2D eigenvalue weighted by molar-refractivity contribution is 7.99. The highest BCUT2D eigenvalue weighted by Crippen LogP contribution is 2.23. The molecule has 0 aromatic carbocycles. The first-order chi connectivity index (χ1) is 9.22. The van der Waals surface area contributed by atoms with Crippen molar-refractivity contribution in [1.82, 2.24) is 19.7 Å². The summed E-state index contributed by atoms with van der Waals surface area (Å²) in [6.45, 7) is 4.20. The summed E-state index contributed by atoms with van der Waals surface area (Å²) in [5.74, 6) is -0.288. The van der Waals surface area contributed by atoms with Gasteiger partial charge in [-0.05, 0) is 12.1 Å². The van der Waals surface area contributed by atoms with Crippen molar-refractivity contribution in [3.8, 4) is 11.4 Å². The van der Waals surface area contributed by atoms with Gasteiger partial charge in [-0.2, -0.15) is 0 Å². The molecule has 0 spiro atoms. The molecule has 0 unspecified atom stereocenters. The van der Waals surface area contributed by atoms with E-state index < -0.39 is 5.97 Å². The molecular weight excluding hydrogens is 264 g/mol. The molecule has 2 aromatic rings. The summed E-state index contributed by atoms with van der Waals surface area (Å²) in [5.41, 5.74) is 0.832. The first-order valence-electron chi connectivity index (χ1n) is 5.51. The third-order valence-electron chi connectivity index (χ3n) is 2.27. The van der Waals surface area contributed by atoms with Crippen LogP contribution in [0.5, 0.6) is 0 Å². The average Bonchev–Trinajstić information content (AvgIpc) is 2.81. The smallest absolute Gasteiger partial charge is 0.313 e. The van der Waals surface area contributed by atoms with Gasteiger partial charge < -0.3 is 5.11 Å². The average molecular weight is 276 g/mol. The summed E-state index contributed by atoms with van der Waals surface area (Å²) >= 11 is 1.13. The Kier molecular flexibility index (Phi) is 4.30. The van der Waals surface area contributed by atoms with Gasteiger partial charge in [-0.25, -0.2) is 0 Å². The molecular formula is C12H12N4O2S. The maximum absolute atomic E-state index is 10.6. The minimum atomic E-state index is -0.888. The third-order valence-corrected chi connectivity index (χ3v) is 3.22. The number of pyridine rings is 1. The second-order valence-electron chi connectivity index (χ2n) is 3.63. The molecule has 0 fully saturated rings. The third kappa shape index (κ3) is 3.19. The van der Waals surface area contributed by atoms with Gasteiger partial charge in [0.25, 0.3) is 0 Å². The van der Waals surface area contributed by atoms with Gasteiger partial charge in [0.15, 0.2) is 11.0 Å². The summed E-state index contributed by atoms with van der Waals surface area (Å²) in [5, 5.41) is 17.4. The topological polar surface area (TPSA) is 80.9 Å². The first-order valence-corrected chi connectivity index (χ1v) is 6.50. The number of aromatic nitrogens is 4. The monoisotopic (exact) mass is 276 g/mol. The van der Waals surface area contributed by atoms with Crippen LogP contribution in [-0.4, -0.2) is 36.6 Å². The summed E-state index contributed by atoms with van der Waals surface area (Å²) in [6.07, 6.45) is 5.08. The van der Waals surface area contributed by atoms with Crippen LogP contribution >= 0.6 is 11.8 Å². The number of hydrogen-bond acceptors (Lipinski definition) is 5. The van der Waals surface area contributed by atoms with Crippen LogP contribution in [0.3, 0.4) is 0 Å². The molecule has 0 aliphatic heterocycles. The molecule has 0 aliphatic rings. The Morgan fingerprint density at radius 2 is 2.37 bits per heavy atom. The number of carboxylic acid groups (broad SMARTS) is 1. The Bertz CT molecular complexity index is 583. The minimum Gasteiger partial charge on any atom is -0.481 e. The van der Waals surface area contributed by atoms with E-state index in [1.807, 2.05) is 16.7 Å². The van der Waals surface area contributed by atoms with E-state index in [0.717, 1.165) is 17.3 Å². The van der Waals surface area contributed by atoms with Gasteiger partial charge in [-0.3, -0.25) is 14.3 Å². The number of thioether (sulfide) groups is 1. The summed E-state index contributed by atoms with van der Waals surface area (Å²) < 4.78 is 1.82. The molecule has 0 bridgehead atoms. The van der Waals surface area contributed by atoms with Crippen molar-refractivity contribution in [2.45, 2.75) is 11.7 Å². The number of aliphatic carboxylic acids is 1. The fourth-order valence-corrected chi connectivity index (χ4v) is 2.19. The van der Waals surface area contributed by atoms with E-state index in [1.54, 1.807) is 18.5 Å². The molecule has 7 heteroatoms. The molecule has 0 aliphatic carbocycles. The fourth-order valence-electron chi connectivity index (χ4n) is 1.52. The quantitative estimate of drug-likeness (QED) is 0.639. The van der Waals surface area contributed by atoms with Gasteiger partial charge in [-0.15, -0.1) is 16.8 Å². The standard InChI is InChI=1S/C12H12N4O2S/c1-2-6-16-11(9-4-3-5-13-7-9)14-15-12(16)19-8-10(17)18/h2-5,7H,1,6,8H2,(H,17,18). The molecule has 6 nitrogen and oxygen atoms in total. The SMILES string of the molecule is C=CCn1c(SCC(=O)O)nnc1-c1cccnc1. The van der Waals surface area contributed by atoms with Crippen molar-refractivity contribution < 1.29 is 9.90 Å². The van der Waals surface area contributed by atoms with E-state index in [9.17, 15) is 4.79 Å². The number of hydrogen-bond donors (Lipinski definition) is 1. The van der Waals surface area contributed by atoms with Crippen LogP contribution < -0.4 is 0 Å². The first kappa shape index (κ1) is 13.3. The fraction of sp³-hybridized carbons (Fsp3) is 0.167. The molecule has 2 aromatic heterocycles. The number of allylic oxidation sites excluding steroid dienone is 1. The molecule has 2 rings (SSSR count). The van der Waals surface area contributed by atoms with Gasteiger partial charge in [0.2, 0.25) is 0 Å². The highest BCUT2D eigenvalue weighted by atomic mass is 32.2.